The zero-order valence-corrected chi connectivity index (χ0v) is 13.4. The van der Waals surface area contributed by atoms with E-state index in [1.165, 1.54) is 4.88 Å². The van der Waals surface area contributed by atoms with E-state index in [0.29, 0.717) is 0 Å². The Morgan fingerprint density at radius 3 is 2.86 bits per heavy atom. The number of benzene rings is 1. The lowest BCUT2D eigenvalue weighted by Gasteiger charge is -2.21. The van der Waals surface area contributed by atoms with E-state index in [4.69, 9.17) is 4.98 Å². The van der Waals surface area contributed by atoms with Gasteiger partial charge in [0.1, 0.15) is 16.5 Å². The Hall–Kier alpha value is -2.05. The van der Waals surface area contributed by atoms with Crippen LogP contribution in [0, 0.1) is 6.92 Å². The predicted molar refractivity (Wildman–Crippen MR) is 87.7 cm³/mol. The fourth-order valence-electron chi connectivity index (χ4n) is 2.82. The van der Waals surface area contributed by atoms with Crippen LogP contribution in [0.4, 0.5) is 0 Å². The first-order chi connectivity index (χ1) is 10.7. The van der Waals surface area contributed by atoms with Crippen molar-refractivity contribution >= 4 is 11.3 Å². The average Bonchev–Trinajstić information content (AvgIpc) is 3.12. The van der Waals surface area contributed by atoms with Crippen molar-refractivity contribution in [3.8, 4) is 22.1 Å². The van der Waals surface area contributed by atoms with Gasteiger partial charge in [0.2, 0.25) is 0 Å². The lowest BCUT2D eigenvalue weighted by molar-refractivity contribution is 0.438. The molecule has 5 nitrogen and oxygen atoms in total. The second-order valence-corrected chi connectivity index (χ2v) is 6.70. The van der Waals surface area contributed by atoms with Crippen molar-refractivity contribution in [2.24, 2.45) is 0 Å². The largest absolute Gasteiger partial charge is 0.307 e. The van der Waals surface area contributed by atoms with Gasteiger partial charge in [-0.15, -0.1) is 21.5 Å². The van der Waals surface area contributed by atoms with Crippen molar-refractivity contribution in [1.82, 2.24) is 25.1 Å². The first kappa shape index (κ1) is 13.6. The van der Waals surface area contributed by atoms with Crippen LogP contribution in [0.2, 0.25) is 0 Å². The van der Waals surface area contributed by atoms with E-state index in [1.54, 1.807) is 11.3 Å². The summed E-state index contributed by atoms with van der Waals surface area (Å²) in [7, 11) is 0. The minimum Gasteiger partial charge on any atom is -0.307 e. The quantitative estimate of drug-likeness (QED) is 0.790. The van der Waals surface area contributed by atoms with E-state index in [2.05, 4.69) is 46.1 Å². The summed E-state index contributed by atoms with van der Waals surface area (Å²) in [5.74, 6) is 1.88. The molecule has 1 aliphatic heterocycles. The molecule has 0 radical (unpaired) electrons. The van der Waals surface area contributed by atoms with E-state index in [0.717, 1.165) is 41.0 Å². The number of aryl methyl sites for hydroxylation is 1. The van der Waals surface area contributed by atoms with Crippen molar-refractivity contribution in [2.75, 3.05) is 6.54 Å². The molecule has 0 aliphatic carbocycles. The molecule has 1 atom stereocenters. The van der Waals surface area contributed by atoms with E-state index < -0.39 is 0 Å². The van der Waals surface area contributed by atoms with Crippen molar-refractivity contribution in [3.63, 3.8) is 0 Å². The Balaban J connectivity index is 1.80. The molecule has 0 spiro atoms. The fourth-order valence-corrected chi connectivity index (χ4v) is 3.74. The summed E-state index contributed by atoms with van der Waals surface area (Å²) in [4.78, 5) is 6.01. The zero-order valence-electron chi connectivity index (χ0n) is 12.6. The van der Waals surface area contributed by atoms with Crippen LogP contribution in [0.25, 0.3) is 22.1 Å². The topological polar surface area (TPSA) is 55.6 Å². The maximum Gasteiger partial charge on any atom is 0.183 e. The Kier molecular flexibility index (Phi) is 3.28. The van der Waals surface area contributed by atoms with Crippen molar-refractivity contribution in [1.29, 1.82) is 0 Å². The Labute approximate surface area is 133 Å². The third-order valence-corrected chi connectivity index (χ3v) is 5.00. The molecular formula is C16H17N5S. The number of aromatic nitrogens is 4. The number of hydrogen-bond acceptors (Lipinski definition) is 5. The first-order valence-corrected chi connectivity index (χ1v) is 8.25. The second-order valence-electron chi connectivity index (χ2n) is 5.50. The van der Waals surface area contributed by atoms with Crippen LogP contribution < -0.4 is 5.32 Å². The molecule has 0 amide bonds. The molecule has 4 rings (SSSR count). The molecular weight excluding hydrogens is 294 g/mol. The molecule has 1 aliphatic rings. The Morgan fingerprint density at radius 1 is 1.23 bits per heavy atom. The van der Waals surface area contributed by atoms with Gasteiger partial charge in [0.15, 0.2) is 5.82 Å². The molecule has 0 saturated carbocycles. The summed E-state index contributed by atoms with van der Waals surface area (Å²) >= 11 is 1.71. The number of fused-ring (bicyclic) bond motifs is 1. The highest BCUT2D eigenvalue weighted by Crippen LogP contribution is 2.33. The number of nitrogens with zero attached hydrogens (tertiary/aromatic N) is 4. The summed E-state index contributed by atoms with van der Waals surface area (Å²) in [5.41, 5.74) is 2.10. The number of nitrogens with one attached hydrogen (secondary N) is 1. The summed E-state index contributed by atoms with van der Waals surface area (Å²) < 4.78 is 2.19. The van der Waals surface area contributed by atoms with Crippen molar-refractivity contribution in [3.05, 3.63) is 41.0 Å². The molecule has 0 bridgehead atoms. The van der Waals surface area contributed by atoms with Gasteiger partial charge in [0.05, 0.1) is 6.04 Å². The van der Waals surface area contributed by atoms with Crippen LogP contribution in [0.5, 0.6) is 0 Å². The Morgan fingerprint density at radius 2 is 2.05 bits per heavy atom. The van der Waals surface area contributed by atoms with Gasteiger partial charge in [-0.25, -0.2) is 4.98 Å². The van der Waals surface area contributed by atoms with Crippen LogP contribution in [0.3, 0.4) is 0 Å². The number of rotatable bonds is 2. The van der Waals surface area contributed by atoms with Gasteiger partial charge in [-0.05, 0) is 13.8 Å². The van der Waals surface area contributed by atoms with Gasteiger partial charge < -0.3 is 9.88 Å². The fraction of sp³-hybridized carbons (Fsp3) is 0.312. The minimum atomic E-state index is 0.238. The van der Waals surface area contributed by atoms with Crippen LogP contribution in [0.1, 0.15) is 23.7 Å². The Bertz CT molecular complexity index is 805. The first-order valence-electron chi connectivity index (χ1n) is 7.44. The highest BCUT2D eigenvalue weighted by atomic mass is 32.1. The molecule has 2 aromatic heterocycles. The van der Waals surface area contributed by atoms with Gasteiger partial charge in [-0.3, -0.25) is 0 Å². The summed E-state index contributed by atoms with van der Waals surface area (Å²) in [5, 5.41) is 13.2. The van der Waals surface area contributed by atoms with Gasteiger partial charge >= 0.3 is 0 Å². The summed E-state index contributed by atoms with van der Waals surface area (Å²) in [6.07, 6.45) is 0. The predicted octanol–water partition coefficient (Wildman–Crippen LogP) is 3.04. The average molecular weight is 311 g/mol. The highest BCUT2D eigenvalue weighted by molar-refractivity contribution is 7.15. The molecule has 22 heavy (non-hydrogen) atoms. The van der Waals surface area contributed by atoms with E-state index in [9.17, 15) is 0 Å². The normalized spacial score (nSPS) is 17.5. The lowest BCUT2D eigenvalue weighted by Crippen LogP contribution is -2.32. The van der Waals surface area contributed by atoms with Crippen LogP contribution in [0.15, 0.2) is 30.3 Å². The smallest absolute Gasteiger partial charge is 0.183 e. The molecule has 1 N–H and O–H groups in total. The molecule has 1 aromatic carbocycles. The van der Waals surface area contributed by atoms with Crippen molar-refractivity contribution < 1.29 is 0 Å². The van der Waals surface area contributed by atoms with E-state index in [-0.39, 0.29) is 6.04 Å². The number of hydrogen-bond donors (Lipinski definition) is 1. The van der Waals surface area contributed by atoms with Crippen molar-refractivity contribution in [2.45, 2.75) is 26.4 Å². The lowest BCUT2D eigenvalue weighted by atomic mass is 10.2. The molecule has 3 aromatic rings. The van der Waals surface area contributed by atoms with Gasteiger partial charge in [0.25, 0.3) is 0 Å². The second kappa shape index (κ2) is 5.30. The molecule has 0 fully saturated rings. The summed E-state index contributed by atoms with van der Waals surface area (Å²) in [6, 6.07) is 10.5. The third kappa shape index (κ3) is 2.15. The maximum absolute atomic E-state index is 4.83. The molecule has 6 heteroatoms. The van der Waals surface area contributed by atoms with Gasteiger partial charge in [-0.2, -0.15) is 0 Å². The third-order valence-electron chi connectivity index (χ3n) is 3.98. The SMILES string of the molecule is Cc1sc(-c2ccccc2)nc1-c1nnc2n1CCNC2C. The van der Waals surface area contributed by atoms with Crippen LogP contribution in [-0.2, 0) is 6.54 Å². The van der Waals surface area contributed by atoms with Gasteiger partial charge in [0, 0.05) is 23.5 Å². The van der Waals surface area contributed by atoms with E-state index in [1.807, 2.05) is 18.2 Å². The summed E-state index contributed by atoms with van der Waals surface area (Å²) in [6.45, 7) is 6.05. The highest BCUT2D eigenvalue weighted by Gasteiger charge is 2.24. The molecule has 0 saturated heterocycles. The minimum absolute atomic E-state index is 0.238. The monoisotopic (exact) mass is 311 g/mol. The standard InChI is InChI=1S/C16H17N5S/c1-10-14-19-20-15(21(14)9-8-17-10)13-11(2)22-16(18-13)12-6-4-3-5-7-12/h3-7,10,17H,8-9H2,1-2H3. The van der Waals surface area contributed by atoms with Crippen LogP contribution >= 0.6 is 11.3 Å². The maximum atomic E-state index is 4.83. The van der Waals surface area contributed by atoms with Gasteiger partial charge in [-0.1, -0.05) is 30.3 Å². The van der Waals surface area contributed by atoms with Crippen LogP contribution in [-0.4, -0.2) is 26.3 Å². The zero-order chi connectivity index (χ0) is 15.1. The molecule has 1 unspecified atom stereocenters. The molecule has 112 valence electrons. The van der Waals surface area contributed by atoms with E-state index >= 15 is 0 Å². The number of thiazole rings is 1. The molecule has 3 heterocycles.